The zero-order chi connectivity index (χ0) is 64.0. The number of nitrogens with one attached hydrogen (secondary N) is 2. The van der Waals surface area contributed by atoms with Gasteiger partial charge in [-0.1, -0.05) is 34.8 Å². The molecule has 29 heteroatoms. The average Bonchev–Trinajstić information content (AvgIpc) is 1.28. The molecular formula is C59H71Cl3N8O18. The fourth-order valence-electron chi connectivity index (χ4n) is 10.0. The van der Waals surface area contributed by atoms with Crippen LogP contribution in [-0.4, -0.2) is 201 Å². The standard InChI is InChI=1S/C30H37ClN4O9.C29H34Cl2N4O9/c1-4-42-29(41)35-14-12-34(13-15-35)27(38)21(8-9-25(36)43-18(2)3)33-26(37)23-17-24(44-30(28(39)40)10-5-11-30)20-7-6-19(31)16-22(20)32-23;1-3-42-24(36)7-6-20(26(38)34-10-12-35(13-11-34)28(41)43-4-2)33-25(37)22-16-23(44-29(27(39)40)8-5-9-29)17-14-18(30)19(31)15-21(17)32-22/h6-7,16-18,21H,4-5,8-15H2,1-3H3,(H,33,37)(H,39,40);14-16,20H,3-13H2,1-2H3,(H,33,37)(H,39,40). The molecule has 8 rings (SSSR count). The lowest BCUT2D eigenvalue weighted by Gasteiger charge is -2.38. The zero-order valence-electron chi connectivity index (χ0n) is 49.4. The van der Waals surface area contributed by atoms with Gasteiger partial charge in [0.2, 0.25) is 23.0 Å². The van der Waals surface area contributed by atoms with Gasteiger partial charge in [-0.05, 0) is 116 Å². The molecule has 88 heavy (non-hydrogen) atoms. The number of hydrogen-bond acceptors (Lipinski definition) is 18. The van der Waals surface area contributed by atoms with E-state index in [-0.39, 0.29) is 155 Å². The van der Waals surface area contributed by atoms with E-state index in [1.807, 2.05) is 0 Å². The predicted octanol–water partition coefficient (Wildman–Crippen LogP) is 7.08. The monoisotopic (exact) mass is 1280 g/mol. The second-order valence-electron chi connectivity index (χ2n) is 21.5. The predicted molar refractivity (Wildman–Crippen MR) is 317 cm³/mol. The number of esters is 2. The molecule has 4 N–H and O–H groups in total. The molecule has 2 saturated heterocycles. The lowest BCUT2D eigenvalue weighted by molar-refractivity contribution is -0.163. The molecule has 2 aromatic heterocycles. The molecular weight excluding hydrogens is 1220 g/mol. The van der Waals surface area contributed by atoms with Gasteiger partial charge in [0.1, 0.15) is 35.0 Å². The van der Waals surface area contributed by atoms with Gasteiger partial charge in [0, 0.05) is 93.1 Å². The molecule has 4 aromatic rings. The number of amides is 6. The first-order valence-electron chi connectivity index (χ1n) is 29.0. The summed E-state index contributed by atoms with van der Waals surface area (Å²) in [6.45, 7) is 10.9. The van der Waals surface area contributed by atoms with E-state index in [9.17, 15) is 58.2 Å². The van der Waals surface area contributed by atoms with Crippen LogP contribution in [0.5, 0.6) is 11.5 Å². The van der Waals surface area contributed by atoms with E-state index in [0.717, 1.165) is 0 Å². The second kappa shape index (κ2) is 30.3. The van der Waals surface area contributed by atoms with Crippen LogP contribution in [-0.2, 0) is 47.7 Å². The van der Waals surface area contributed by atoms with E-state index in [2.05, 4.69) is 20.6 Å². The fraction of sp³-hybridized carbons (Fsp3) is 0.525. The Balaban J connectivity index is 0.000000251. The van der Waals surface area contributed by atoms with Crippen LogP contribution in [0.15, 0.2) is 42.5 Å². The average molecular weight is 1290 g/mol. The summed E-state index contributed by atoms with van der Waals surface area (Å²) in [5, 5.41) is 26.6. The summed E-state index contributed by atoms with van der Waals surface area (Å²) in [6.07, 6.45) is 0.885. The molecule has 0 spiro atoms. The number of aromatic nitrogens is 2. The van der Waals surface area contributed by atoms with Crippen molar-refractivity contribution in [2.24, 2.45) is 0 Å². The van der Waals surface area contributed by atoms with Gasteiger partial charge in [-0.25, -0.2) is 29.1 Å². The number of carboxylic acid groups (broad SMARTS) is 2. The van der Waals surface area contributed by atoms with Crippen LogP contribution in [0, 0.1) is 0 Å². The quantitative estimate of drug-likeness (QED) is 0.0451. The summed E-state index contributed by atoms with van der Waals surface area (Å²) in [7, 11) is 0. The number of halogens is 3. The van der Waals surface area contributed by atoms with Crippen molar-refractivity contribution >= 4 is 116 Å². The number of aliphatic carboxylic acids is 2. The molecule has 2 unspecified atom stereocenters. The van der Waals surface area contributed by atoms with Gasteiger partial charge in [-0.2, -0.15) is 0 Å². The second-order valence-corrected chi connectivity index (χ2v) is 22.7. The Morgan fingerprint density at radius 2 is 0.955 bits per heavy atom. The van der Waals surface area contributed by atoms with Crippen molar-refractivity contribution < 1.29 is 86.6 Å². The van der Waals surface area contributed by atoms with Crippen LogP contribution < -0.4 is 20.1 Å². The van der Waals surface area contributed by atoms with Gasteiger partial charge >= 0.3 is 36.1 Å². The zero-order valence-corrected chi connectivity index (χ0v) is 51.6. The van der Waals surface area contributed by atoms with Gasteiger partial charge in [0.05, 0.1) is 47.0 Å². The van der Waals surface area contributed by atoms with Crippen molar-refractivity contribution in [3.05, 3.63) is 68.9 Å². The summed E-state index contributed by atoms with van der Waals surface area (Å²) in [4.78, 5) is 142. The lowest BCUT2D eigenvalue weighted by Crippen LogP contribution is -2.56. The van der Waals surface area contributed by atoms with E-state index in [1.165, 1.54) is 49.9 Å². The summed E-state index contributed by atoms with van der Waals surface area (Å²) in [5.41, 5.74) is -2.62. The molecule has 0 bridgehead atoms. The molecule has 2 atom stereocenters. The Morgan fingerprint density at radius 1 is 0.545 bits per heavy atom. The lowest BCUT2D eigenvalue weighted by atomic mass is 9.80. The first-order chi connectivity index (χ1) is 41.9. The van der Waals surface area contributed by atoms with Gasteiger partial charge in [0.25, 0.3) is 11.8 Å². The maximum absolute atomic E-state index is 13.6. The van der Waals surface area contributed by atoms with E-state index in [0.29, 0.717) is 47.0 Å². The van der Waals surface area contributed by atoms with Crippen molar-refractivity contribution in [2.45, 2.75) is 128 Å². The first kappa shape index (κ1) is 67.5. The summed E-state index contributed by atoms with van der Waals surface area (Å²) < 4.78 is 32.3. The maximum atomic E-state index is 13.6. The number of carbonyl (C=O) groups excluding carboxylic acids is 8. The fourth-order valence-corrected chi connectivity index (χ4v) is 10.5. The molecule has 0 radical (unpaired) electrons. The summed E-state index contributed by atoms with van der Waals surface area (Å²) in [5.74, 6) is -5.42. The van der Waals surface area contributed by atoms with Crippen LogP contribution in [0.4, 0.5) is 9.59 Å². The minimum absolute atomic E-state index is 0.0426. The highest BCUT2D eigenvalue weighted by Crippen LogP contribution is 2.42. The van der Waals surface area contributed by atoms with E-state index < -0.39 is 83.0 Å². The highest BCUT2D eigenvalue weighted by atomic mass is 35.5. The Kier molecular flexibility index (Phi) is 23.2. The highest BCUT2D eigenvalue weighted by Gasteiger charge is 2.49. The number of hydrogen-bond donors (Lipinski definition) is 4. The highest BCUT2D eigenvalue weighted by molar-refractivity contribution is 6.42. The largest absolute Gasteiger partial charge is 0.478 e. The Morgan fingerprint density at radius 3 is 1.36 bits per heavy atom. The minimum atomic E-state index is -1.46. The molecule has 26 nitrogen and oxygen atoms in total. The SMILES string of the molecule is CCOC(=O)CCC(NC(=O)c1cc(OC2(C(=O)O)CCC2)c2cc(Cl)c(Cl)cc2n1)C(=O)N1CCN(C(=O)OCC)CC1.CCOC(=O)N1CCN(C(=O)C(CCC(=O)OC(C)C)NC(=O)c2cc(OC3(C(=O)O)CCC3)c3ccc(Cl)cc3n2)CC1. The third-order valence-corrected chi connectivity index (χ3v) is 16.1. The van der Waals surface area contributed by atoms with Gasteiger partial charge in [-0.3, -0.25) is 28.8 Å². The maximum Gasteiger partial charge on any atom is 0.409 e. The Labute approximate surface area is 521 Å². The smallest absolute Gasteiger partial charge is 0.409 e. The first-order valence-corrected chi connectivity index (χ1v) is 30.2. The molecule has 2 aromatic carbocycles. The van der Waals surface area contributed by atoms with Crippen LogP contribution in [0.1, 0.15) is 120 Å². The molecule has 2 aliphatic heterocycles. The summed E-state index contributed by atoms with van der Waals surface area (Å²) in [6, 6.07) is 8.10. The molecule has 4 fully saturated rings. The topological polar surface area (TPSA) is 329 Å². The van der Waals surface area contributed by atoms with Crippen molar-refractivity contribution in [3.8, 4) is 11.5 Å². The van der Waals surface area contributed by atoms with Crippen molar-refractivity contribution in [2.75, 3.05) is 72.2 Å². The van der Waals surface area contributed by atoms with E-state index in [4.69, 9.17) is 63.2 Å². The van der Waals surface area contributed by atoms with Crippen LogP contribution in [0.3, 0.4) is 0 Å². The minimum Gasteiger partial charge on any atom is -0.478 e. The number of pyridine rings is 2. The third-order valence-electron chi connectivity index (χ3n) is 15.1. The van der Waals surface area contributed by atoms with Gasteiger partial charge < -0.3 is 68.9 Å². The molecule has 2 saturated carbocycles. The molecule has 4 heterocycles. The van der Waals surface area contributed by atoms with E-state index >= 15 is 0 Å². The number of ether oxygens (including phenoxy) is 6. The normalized spacial score (nSPS) is 16.5. The molecule has 6 amide bonds. The molecule has 4 aliphatic rings. The van der Waals surface area contributed by atoms with Crippen LogP contribution in [0.25, 0.3) is 21.8 Å². The van der Waals surface area contributed by atoms with E-state index in [1.54, 1.807) is 46.8 Å². The number of rotatable bonds is 22. The Hall–Kier alpha value is -7.97. The Bertz CT molecular complexity index is 3290. The van der Waals surface area contributed by atoms with Gasteiger partial charge in [0.15, 0.2) is 0 Å². The molecule has 2 aliphatic carbocycles. The van der Waals surface area contributed by atoms with Crippen molar-refractivity contribution in [1.82, 2.24) is 40.2 Å². The number of benzene rings is 2. The van der Waals surface area contributed by atoms with Gasteiger partial charge in [-0.15, -0.1) is 0 Å². The van der Waals surface area contributed by atoms with Crippen molar-refractivity contribution in [1.29, 1.82) is 0 Å². The number of nitrogens with zero attached hydrogens (tertiary/aromatic N) is 6. The summed E-state index contributed by atoms with van der Waals surface area (Å²) >= 11 is 18.6. The third kappa shape index (κ3) is 16.8. The van der Waals surface area contributed by atoms with Crippen molar-refractivity contribution in [3.63, 3.8) is 0 Å². The number of piperazine rings is 2. The number of fused-ring (bicyclic) bond motifs is 2. The molecule has 476 valence electrons. The number of carbonyl (C=O) groups is 10. The van der Waals surface area contributed by atoms with Crippen LogP contribution >= 0.6 is 34.8 Å². The van der Waals surface area contributed by atoms with Crippen LogP contribution in [0.2, 0.25) is 15.1 Å². The number of carboxylic acids is 2.